The molecule has 0 radical (unpaired) electrons. The van der Waals surface area contributed by atoms with Gasteiger partial charge in [-0.05, 0) is 71.9 Å². The first-order valence-corrected chi connectivity index (χ1v) is 15.7. The van der Waals surface area contributed by atoms with Crippen molar-refractivity contribution < 1.29 is 38.8 Å². The standard InChI is InChI=1S/C32H52N2O8/c1-9-29(6)19-22(36)32(39)30(7)21(35)15-16-28(4,5)25(30)24(40-23(37)20-33-17-13-12-14-18-33)26(31(32,8)42-29)41-27(38)34(10-2)11-3/h9,21,24-26,35,39H,1,10-20H2,2-8H3/t21-,24-,25-,26-,29-,30-,31+,32-/m0/s1. The van der Waals surface area contributed by atoms with E-state index in [9.17, 15) is 24.6 Å². The molecular formula is C32H52N2O8. The Kier molecular flexibility index (Phi) is 9.00. The summed E-state index contributed by atoms with van der Waals surface area (Å²) in [7, 11) is 0. The van der Waals surface area contributed by atoms with E-state index in [1.807, 2.05) is 27.7 Å². The fraction of sp³-hybridized carbons (Fsp3) is 0.844. The molecule has 2 aliphatic carbocycles. The molecule has 2 saturated carbocycles. The Hall–Kier alpha value is -2.01. The Labute approximate surface area is 250 Å². The van der Waals surface area contributed by atoms with Gasteiger partial charge in [0.1, 0.15) is 11.7 Å². The van der Waals surface area contributed by atoms with E-state index in [-0.39, 0.29) is 13.0 Å². The Morgan fingerprint density at radius 1 is 1.10 bits per heavy atom. The zero-order valence-corrected chi connectivity index (χ0v) is 26.6. The minimum Gasteiger partial charge on any atom is -0.457 e. The van der Waals surface area contributed by atoms with Gasteiger partial charge in [0, 0.05) is 30.8 Å². The van der Waals surface area contributed by atoms with Crippen molar-refractivity contribution in [3.05, 3.63) is 12.7 Å². The van der Waals surface area contributed by atoms with E-state index in [0.717, 1.165) is 32.4 Å². The molecule has 0 aromatic rings. The van der Waals surface area contributed by atoms with E-state index in [4.69, 9.17) is 14.2 Å². The number of hydrogen-bond acceptors (Lipinski definition) is 9. The number of aliphatic hydroxyl groups is 2. The van der Waals surface area contributed by atoms with Crippen LogP contribution in [0.2, 0.25) is 0 Å². The monoisotopic (exact) mass is 592 g/mol. The minimum absolute atomic E-state index is 0.0742. The summed E-state index contributed by atoms with van der Waals surface area (Å²) in [5, 5.41) is 24.5. The number of piperidine rings is 1. The number of hydrogen-bond donors (Lipinski definition) is 2. The van der Waals surface area contributed by atoms with Gasteiger partial charge in [-0.25, -0.2) is 4.79 Å². The smallest absolute Gasteiger partial charge is 0.410 e. The third-order valence-corrected chi connectivity index (χ3v) is 11.0. The molecule has 10 heteroatoms. The molecule has 4 aliphatic rings. The predicted octanol–water partition coefficient (Wildman–Crippen LogP) is 3.47. The molecule has 2 aliphatic heterocycles. The molecule has 0 spiro atoms. The Bertz CT molecular complexity index is 1070. The van der Waals surface area contributed by atoms with Gasteiger partial charge >= 0.3 is 12.1 Å². The van der Waals surface area contributed by atoms with Gasteiger partial charge in [0.25, 0.3) is 0 Å². The first kappa shape index (κ1) is 32.9. The summed E-state index contributed by atoms with van der Waals surface area (Å²) in [5.41, 5.74) is -7.45. The van der Waals surface area contributed by atoms with Gasteiger partial charge in [0.05, 0.1) is 18.2 Å². The highest BCUT2D eigenvalue weighted by Gasteiger charge is 2.82. The van der Waals surface area contributed by atoms with E-state index in [1.54, 1.807) is 20.8 Å². The molecule has 4 rings (SSSR count). The van der Waals surface area contributed by atoms with Crippen LogP contribution in [0.5, 0.6) is 0 Å². The van der Waals surface area contributed by atoms with Crippen LogP contribution in [0.1, 0.15) is 87.0 Å². The number of nitrogens with zero attached hydrogens (tertiary/aromatic N) is 2. The number of esters is 1. The van der Waals surface area contributed by atoms with Crippen molar-refractivity contribution in [1.29, 1.82) is 0 Å². The normalized spacial score (nSPS) is 41.7. The molecule has 2 N–H and O–H groups in total. The summed E-state index contributed by atoms with van der Waals surface area (Å²) >= 11 is 0. The van der Waals surface area contributed by atoms with E-state index in [1.165, 1.54) is 11.0 Å². The SMILES string of the molecule is C=C[C@@]1(C)CC(=O)[C@]2(O)[C@@]3(C)[C@@H](O)CCC(C)(C)[C@@H]3[C@H](OC(=O)CN3CCCCC3)[C@H](OC(=O)N(CC)CC)[C@@]2(C)O1. The molecule has 0 bridgehead atoms. The minimum atomic E-state index is -2.27. The predicted molar refractivity (Wildman–Crippen MR) is 157 cm³/mol. The van der Waals surface area contributed by atoms with Gasteiger partial charge in [-0.1, -0.05) is 33.3 Å². The summed E-state index contributed by atoms with van der Waals surface area (Å²) in [6, 6.07) is 0. The Morgan fingerprint density at radius 3 is 2.29 bits per heavy atom. The molecule has 0 aromatic carbocycles. The van der Waals surface area contributed by atoms with E-state index in [2.05, 4.69) is 11.5 Å². The number of ketones is 1. The molecule has 2 saturated heterocycles. The van der Waals surface area contributed by atoms with E-state index >= 15 is 0 Å². The first-order chi connectivity index (χ1) is 19.5. The van der Waals surface area contributed by atoms with Gasteiger partial charge in [0.2, 0.25) is 0 Å². The maximum absolute atomic E-state index is 14.3. The fourth-order valence-electron chi connectivity index (χ4n) is 8.72. The maximum Gasteiger partial charge on any atom is 0.410 e. The second-order valence-electron chi connectivity index (χ2n) is 14.1. The van der Waals surface area contributed by atoms with E-state index in [0.29, 0.717) is 25.9 Å². The Morgan fingerprint density at radius 2 is 1.71 bits per heavy atom. The number of fused-ring (bicyclic) bond motifs is 3. The zero-order chi connectivity index (χ0) is 31.3. The van der Waals surface area contributed by atoms with Crippen LogP contribution in [-0.4, -0.2) is 106 Å². The van der Waals surface area contributed by atoms with Crippen molar-refractivity contribution in [3.63, 3.8) is 0 Å². The summed E-state index contributed by atoms with van der Waals surface area (Å²) in [5.74, 6) is -1.75. The molecule has 8 atom stereocenters. The average molecular weight is 593 g/mol. The highest BCUT2D eigenvalue weighted by molar-refractivity contribution is 5.92. The fourth-order valence-corrected chi connectivity index (χ4v) is 8.72. The largest absolute Gasteiger partial charge is 0.457 e. The lowest BCUT2D eigenvalue weighted by Crippen LogP contribution is -2.87. The average Bonchev–Trinajstić information content (AvgIpc) is 2.92. The molecule has 238 valence electrons. The molecule has 1 amide bonds. The molecule has 42 heavy (non-hydrogen) atoms. The van der Waals surface area contributed by atoms with Gasteiger partial charge < -0.3 is 29.3 Å². The van der Waals surface area contributed by atoms with Crippen LogP contribution in [-0.2, 0) is 23.8 Å². The van der Waals surface area contributed by atoms with Gasteiger partial charge in [-0.15, -0.1) is 6.58 Å². The number of aliphatic hydroxyl groups excluding tert-OH is 1. The zero-order valence-electron chi connectivity index (χ0n) is 26.6. The lowest BCUT2D eigenvalue weighted by Gasteiger charge is -2.71. The molecular weight excluding hydrogens is 540 g/mol. The number of likely N-dealkylation sites (tertiary alicyclic amines) is 1. The number of carbonyl (C=O) groups is 3. The van der Waals surface area contributed by atoms with Crippen LogP contribution in [0.4, 0.5) is 4.79 Å². The van der Waals surface area contributed by atoms with Crippen molar-refractivity contribution >= 4 is 17.8 Å². The van der Waals surface area contributed by atoms with Gasteiger partial charge in [0.15, 0.2) is 17.5 Å². The lowest BCUT2D eigenvalue weighted by molar-refractivity contribution is -0.369. The second kappa shape index (κ2) is 11.5. The van der Waals surface area contributed by atoms with Crippen molar-refractivity contribution in [3.8, 4) is 0 Å². The molecule has 4 fully saturated rings. The summed E-state index contributed by atoms with van der Waals surface area (Å²) in [6.07, 6.45) is 1.11. The molecule has 0 aromatic heterocycles. The Balaban J connectivity index is 1.91. The van der Waals surface area contributed by atoms with Crippen LogP contribution in [0.3, 0.4) is 0 Å². The highest BCUT2D eigenvalue weighted by atomic mass is 16.6. The number of rotatable bonds is 7. The lowest BCUT2D eigenvalue weighted by atomic mass is 9.39. The van der Waals surface area contributed by atoms with Crippen molar-refractivity contribution in [1.82, 2.24) is 9.80 Å². The number of ether oxygens (including phenoxy) is 3. The third kappa shape index (κ3) is 5.00. The maximum atomic E-state index is 14.3. The molecule has 2 heterocycles. The van der Waals surface area contributed by atoms with Gasteiger partial charge in [-0.2, -0.15) is 0 Å². The van der Waals surface area contributed by atoms with Crippen LogP contribution in [0.25, 0.3) is 0 Å². The van der Waals surface area contributed by atoms with Gasteiger partial charge in [-0.3, -0.25) is 14.5 Å². The van der Waals surface area contributed by atoms with Crippen LogP contribution in [0, 0.1) is 16.7 Å². The van der Waals surface area contributed by atoms with Crippen molar-refractivity contribution in [2.75, 3.05) is 32.7 Å². The summed E-state index contributed by atoms with van der Waals surface area (Å²) < 4.78 is 19.2. The first-order valence-electron chi connectivity index (χ1n) is 15.7. The third-order valence-electron chi connectivity index (χ3n) is 11.0. The molecule has 0 unspecified atom stereocenters. The second-order valence-corrected chi connectivity index (χ2v) is 14.1. The topological polar surface area (TPSA) is 126 Å². The number of Topliss-reactive ketones (excluding diaryl/α,β-unsaturated/α-hetero) is 1. The van der Waals surface area contributed by atoms with Crippen LogP contribution < -0.4 is 0 Å². The summed E-state index contributed by atoms with van der Waals surface area (Å²) in [4.78, 5) is 45.0. The highest BCUT2D eigenvalue weighted by Crippen LogP contribution is 2.67. The number of carbonyl (C=O) groups excluding carboxylic acids is 3. The number of amides is 1. The van der Waals surface area contributed by atoms with Crippen LogP contribution >= 0.6 is 0 Å². The summed E-state index contributed by atoms with van der Waals surface area (Å²) in [6.45, 7) is 18.9. The quantitative estimate of drug-likeness (QED) is 0.338. The molecule has 10 nitrogen and oxygen atoms in total. The van der Waals surface area contributed by atoms with Crippen molar-refractivity contribution in [2.45, 2.75) is 122 Å². The van der Waals surface area contributed by atoms with Crippen molar-refractivity contribution in [2.24, 2.45) is 16.7 Å². The van der Waals surface area contributed by atoms with Crippen LogP contribution in [0.15, 0.2) is 12.7 Å². The van der Waals surface area contributed by atoms with E-state index < -0.39 is 69.7 Å².